The van der Waals surface area contributed by atoms with Crippen molar-refractivity contribution >= 4 is 5.91 Å². The van der Waals surface area contributed by atoms with Crippen molar-refractivity contribution in [1.82, 2.24) is 10.3 Å². The zero-order valence-corrected chi connectivity index (χ0v) is 9.49. The minimum absolute atomic E-state index is 0.0982. The Morgan fingerprint density at radius 3 is 3.06 bits per heavy atom. The Balaban J connectivity index is 1.82. The zero-order chi connectivity index (χ0) is 12.1. The first-order chi connectivity index (χ1) is 8.25. The highest BCUT2D eigenvalue weighted by Crippen LogP contribution is 2.11. The number of ether oxygens (including phenoxy) is 1. The molecule has 0 radical (unpaired) electrons. The fourth-order valence-corrected chi connectivity index (χ4v) is 1.79. The fraction of sp³-hybridized carbons (Fsp3) is 0.500. The Morgan fingerprint density at radius 2 is 2.41 bits per heavy atom. The Kier molecular flexibility index (Phi) is 4.03. The van der Waals surface area contributed by atoms with E-state index in [1.54, 1.807) is 0 Å². The first-order valence-corrected chi connectivity index (χ1v) is 5.77. The average molecular weight is 238 g/mol. The quantitative estimate of drug-likeness (QED) is 0.812. The molecule has 0 spiro atoms. The van der Waals surface area contributed by atoms with Crippen LogP contribution < -0.4 is 5.32 Å². The van der Waals surface area contributed by atoms with Gasteiger partial charge in [0.2, 0.25) is 5.95 Å². The van der Waals surface area contributed by atoms with Crippen LogP contribution >= 0.6 is 0 Å². The monoisotopic (exact) mass is 238 g/mol. The van der Waals surface area contributed by atoms with Gasteiger partial charge < -0.3 is 10.1 Å². The summed E-state index contributed by atoms with van der Waals surface area (Å²) in [5.41, 5.74) is 0.363. The summed E-state index contributed by atoms with van der Waals surface area (Å²) in [4.78, 5) is 15.1. The molecule has 1 aliphatic rings. The summed E-state index contributed by atoms with van der Waals surface area (Å²) in [5, 5.41) is 2.76. The van der Waals surface area contributed by atoms with Crippen molar-refractivity contribution in [1.29, 1.82) is 0 Å². The minimum Gasteiger partial charge on any atom is -0.376 e. The number of carbonyl (C=O) groups excluding carboxylic acids is 1. The predicted molar refractivity (Wildman–Crippen MR) is 60.1 cm³/mol. The molecule has 1 aromatic heterocycles. The molecule has 0 bridgehead atoms. The highest BCUT2D eigenvalue weighted by Gasteiger charge is 2.15. The second kappa shape index (κ2) is 5.72. The molecule has 1 N–H and O–H groups in total. The van der Waals surface area contributed by atoms with Crippen LogP contribution in [0.4, 0.5) is 4.39 Å². The Morgan fingerprint density at radius 1 is 1.53 bits per heavy atom. The number of pyridine rings is 1. The molecule has 17 heavy (non-hydrogen) atoms. The van der Waals surface area contributed by atoms with Crippen molar-refractivity contribution < 1.29 is 13.9 Å². The van der Waals surface area contributed by atoms with E-state index in [4.69, 9.17) is 4.74 Å². The number of nitrogens with zero attached hydrogens (tertiary/aromatic N) is 1. The summed E-state index contributed by atoms with van der Waals surface area (Å²) in [7, 11) is 0. The molecular weight excluding hydrogens is 223 g/mol. The van der Waals surface area contributed by atoms with E-state index in [0.717, 1.165) is 25.9 Å². The summed E-state index contributed by atoms with van der Waals surface area (Å²) in [5.74, 6) is -0.830. The molecule has 0 aromatic carbocycles. The molecule has 2 heterocycles. The molecule has 1 saturated heterocycles. The van der Waals surface area contributed by atoms with E-state index in [1.165, 1.54) is 18.3 Å². The largest absolute Gasteiger partial charge is 0.376 e. The topological polar surface area (TPSA) is 51.2 Å². The molecule has 0 saturated carbocycles. The van der Waals surface area contributed by atoms with Crippen LogP contribution in [0, 0.1) is 5.95 Å². The normalized spacial score (nSPS) is 19.9. The van der Waals surface area contributed by atoms with Crippen LogP contribution in [0.15, 0.2) is 18.3 Å². The lowest BCUT2D eigenvalue weighted by Gasteiger charge is -2.22. The van der Waals surface area contributed by atoms with Gasteiger partial charge in [0.15, 0.2) is 0 Å². The number of rotatable bonds is 3. The van der Waals surface area contributed by atoms with Crippen LogP contribution in [0.1, 0.15) is 29.6 Å². The SMILES string of the molecule is O=C(NCC1CCCCO1)c1ccc(F)nc1. The number of aromatic nitrogens is 1. The third-order valence-electron chi connectivity index (χ3n) is 2.75. The third-order valence-corrected chi connectivity index (χ3v) is 2.75. The first-order valence-electron chi connectivity index (χ1n) is 5.77. The highest BCUT2D eigenvalue weighted by atomic mass is 19.1. The van der Waals surface area contributed by atoms with Gasteiger partial charge >= 0.3 is 0 Å². The molecule has 1 aromatic rings. The summed E-state index contributed by atoms with van der Waals surface area (Å²) >= 11 is 0. The standard InChI is InChI=1S/C12H15FN2O2/c13-11-5-4-9(7-14-11)12(16)15-8-10-3-1-2-6-17-10/h4-5,7,10H,1-3,6,8H2,(H,15,16). The Labute approximate surface area is 99.2 Å². The van der Waals surface area contributed by atoms with Crippen LogP contribution in [0.3, 0.4) is 0 Å². The van der Waals surface area contributed by atoms with Gasteiger partial charge in [-0.15, -0.1) is 0 Å². The lowest BCUT2D eigenvalue weighted by Crippen LogP contribution is -2.35. The number of hydrogen-bond donors (Lipinski definition) is 1. The second-order valence-corrected chi connectivity index (χ2v) is 4.07. The minimum atomic E-state index is -0.586. The van der Waals surface area contributed by atoms with Gasteiger partial charge in [-0.3, -0.25) is 4.79 Å². The summed E-state index contributed by atoms with van der Waals surface area (Å²) < 4.78 is 18.1. The molecule has 1 unspecified atom stereocenters. The van der Waals surface area contributed by atoms with Gasteiger partial charge in [-0.05, 0) is 31.4 Å². The smallest absolute Gasteiger partial charge is 0.252 e. The summed E-state index contributed by atoms with van der Waals surface area (Å²) in [6, 6.07) is 2.59. The maximum atomic E-state index is 12.6. The van der Waals surface area contributed by atoms with Gasteiger partial charge in [0.1, 0.15) is 0 Å². The molecule has 0 aliphatic carbocycles. The number of nitrogens with one attached hydrogen (secondary N) is 1. The lowest BCUT2D eigenvalue weighted by molar-refractivity contribution is 0.0169. The van der Waals surface area contributed by atoms with Crippen molar-refractivity contribution in [3.63, 3.8) is 0 Å². The van der Waals surface area contributed by atoms with Crippen LogP contribution in [-0.4, -0.2) is 30.1 Å². The number of halogens is 1. The van der Waals surface area contributed by atoms with Gasteiger partial charge in [-0.1, -0.05) is 0 Å². The first kappa shape index (κ1) is 12.0. The lowest BCUT2D eigenvalue weighted by atomic mass is 10.1. The van der Waals surface area contributed by atoms with Crippen molar-refractivity contribution in [3.05, 3.63) is 29.8 Å². The summed E-state index contributed by atoms with van der Waals surface area (Å²) in [6.07, 6.45) is 4.53. The van der Waals surface area contributed by atoms with Gasteiger partial charge in [-0.2, -0.15) is 4.39 Å². The molecule has 92 valence electrons. The molecule has 1 fully saturated rings. The molecule has 4 nitrogen and oxygen atoms in total. The van der Waals surface area contributed by atoms with Gasteiger partial charge in [-0.25, -0.2) is 4.98 Å². The van der Waals surface area contributed by atoms with Crippen molar-refractivity contribution in [2.24, 2.45) is 0 Å². The van der Waals surface area contributed by atoms with Crippen LogP contribution in [0.2, 0.25) is 0 Å². The third kappa shape index (κ3) is 3.49. The van der Waals surface area contributed by atoms with E-state index in [9.17, 15) is 9.18 Å². The highest BCUT2D eigenvalue weighted by molar-refractivity contribution is 5.93. The van der Waals surface area contributed by atoms with Gasteiger partial charge in [0.25, 0.3) is 5.91 Å². The van der Waals surface area contributed by atoms with E-state index in [-0.39, 0.29) is 12.0 Å². The number of hydrogen-bond acceptors (Lipinski definition) is 3. The number of amides is 1. The molecule has 1 amide bonds. The van der Waals surface area contributed by atoms with E-state index in [2.05, 4.69) is 10.3 Å². The van der Waals surface area contributed by atoms with E-state index >= 15 is 0 Å². The predicted octanol–water partition coefficient (Wildman–Crippen LogP) is 1.52. The van der Waals surface area contributed by atoms with E-state index in [0.29, 0.717) is 12.1 Å². The van der Waals surface area contributed by atoms with Crippen LogP contribution in [0.25, 0.3) is 0 Å². The molecule has 5 heteroatoms. The van der Waals surface area contributed by atoms with E-state index < -0.39 is 5.95 Å². The Hall–Kier alpha value is -1.49. The number of carbonyl (C=O) groups is 1. The Bertz CT molecular complexity index is 375. The van der Waals surface area contributed by atoms with Crippen molar-refractivity contribution in [2.45, 2.75) is 25.4 Å². The molecule has 2 rings (SSSR count). The molecule has 1 atom stereocenters. The fourth-order valence-electron chi connectivity index (χ4n) is 1.79. The van der Waals surface area contributed by atoms with E-state index in [1.807, 2.05) is 0 Å². The zero-order valence-electron chi connectivity index (χ0n) is 9.49. The molecule has 1 aliphatic heterocycles. The van der Waals surface area contributed by atoms with Crippen molar-refractivity contribution in [3.8, 4) is 0 Å². The van der Waals surface area contributed by atoms with Crippen LogP contribution in [0.5, 0.6) is 0 Å². The van der Waals surface area contributed by atoms with Gasteiger partial charge in [0, 0.05) is 19.3 Å². The second-order valence-electron chi connectivity index (χ2n) is 4.07. The van der Waals surface area contributed by atoms with Crippen molar-refractivity contribution in [2.75, 3.05) is 13.2 Å². The average Bonchev–Trinajstić information content (AvgIpc) is 2.38. The van der Waals surface area contributed by atoms with Crippen LogP contribution in [-0.2, 0) is 4.74 Å². The summed E-state index contributed by atoms with van der Waals surface area (Å²) in [6.45, 7) is 1.26. The molecular formula is C12H15FN2O2. The van der Waals surface area contributed by atoms with Gasteiger partial charge in [0.05, 0.1) is 11.7 Å². The maximum Gasteiger partial charge on any atom is 0.252 e. The maximum absolute atomic E-state index is 12.6.